The van der Waals surface area contributed by atoms with Crippen molar-refractivity contribution in [2.75, 3.05) is 13.6 Å². The van der Waals surface area contributed by atoms with Gasteiger partial charge in [0.1, 0.15) is 17.9 Å². The summed E-state index contributed by atoms with van der Waals surface area (Å²) < 4.78 is 32.9. The Labute approximate surface area is 213 Å². The van der Waals surface area contributed by atoms with Crippen molar-refractivity contribution in [1.82, 2.24) is 20.5 Å². The first-order valence-electron chi connectivity index (χ1n) is 12.1. The Morgan fingerprint density at radius 1 is 1.22 bits per heavy atom. The molecule has 0 saturated carbocycles. The van der Waals surface area contributed by atoms with Gasteiger partial charge in [0.25, 0.3) is 11.8 Å². The van der Waals surface area contributed by atoms with Gasteiger partial charge in [0.2, 0.25) is 5.89 Å². The van der Waals surface area contributed by atoms with Crippen molar-refractivity contribution in [3.05, 3.63) is 88.6 Å². The number of aliphatic hydroxyl groups excluding tert-OH is 1. The van der Waals surface area contributed by atoms with Gasteiger partial charge < -0.3 is 25.1 Å². The summed E-state index contributed by atoms with van der Waals surface area (Å²) in [5.41, 5.74) is 1.53. The van der Waals surface area contributed by atoms with Gasteiger partial charge in [0.05, 0.1) is 24.4 Å². The van der Waals surface area contributed by atoms with Gasteiger partial charge >= 0.3 is 0 Å². The van der Waals surface area contributed by atoms with E-state index in [2.05, 4.69) is 15.6 Å². The molecule has 3 atom stereocenters. The molecule has 4 rings (SSSR count). The Bertz CT molecular complexity index is 1240. The van der Waals surface area contributed by atoms with E-state index in [0.29, 0.717) is 29.1 Å². The SMILES string of the molecule is Cc1coc(CN(C)C(=O)c2cccc(C(=O)NC(Cc3cc(F)cc(F)c3)C(O)C3CCCN3)c2)n1. The molecular weight excluding hydrogens is 482 g/mol. The van der Waals surface area contributed by atoms with Gasteiger partial charge in [-0.2, -0.15) is 0 Å². The van der Waals surface area contributed by atoms with E-state index in [4.69, 9.17) is 4.42 Å². The number of nitrogens with zero attached hydrogens (tertiary/aromatic N) is 2. The van der Waals surface area contributed by atoms with Gasteiger partial charge in [-0.25, -0.2) is 13.8 Å². The van der Waals surface area contributed by atoms with Gasteiger partial charge in [0.15, 0.2) is 0 Å². The fourth-order valence-electron chi connectivity index (χ4n) is 4.54. The molecule has 3 N–H and O–H groups in total. The van der Waals surface area contributed by atoms with Gasteiger partial charge in [-0.3, -0.25) is 9.59 Å². The molecule has 1 fully saturated rings. The zero-order valence-electron chi connectivity index (χ0n) is 20.7. The second kappa shape index (κ2) is 11.6. The van der Waals surface area contributed by atoms with Crippen LogP contribution in [0.25, 0.3) is 0 Å². The lowest BCUT2D eigenvalue weighted by Gasteiger charge is -2.29. The van der Waals surface area contributed by atoms with E-state index in [1.54, 1.807) is 32.2 Å². The van der Waals surface area contributed by atoms with Crippen molar-refractivity contribution in [3.8, 4) is 0 Å². The van der Waals surface area contributed by atoms with Crippen LogP contribution in [0.1, 0.15) is 50.7 Å². The molecule has 1 aliphatic heterocycles. The number of aromatic nitrogens is 1. The summed E-state index contributed by atoms with van der Waals surface area (Å²) in [6, 6.07) is 8.27. The van der Waals surface area contributed by atoms with Crippen LogP contribution >= 0.6 is 0 Å². The van der Waals surface area contributed by atoms with E-state index >= 15 is 0 Å². The smallest absolute Gasteiger partial charge is 0.254 e. The summed E-state index contributed by atoms with van der Waals surface area (Å²) in [7, 11) is 1.60. The maximum absolute atomic E-state index is 13.8. The van der Waals surface area contributed by atoms with Crippen LogP contribution in [0.3, 0.4) is 0 Å². The second-order valence-electron chi connectivity index (χ2n) is 9.38. The average molecular weight is 513 g/mol. The fourth-order valence-corrected chi connectivity index (χ4v) is 4.54. The number of carbonyl (C=O) groups excluding carboxylic acids is 2. The van der Waals surface area contributed by atoms with Crippen LogP contribution in [0.15, 0.2) is 53.1 Å². The minimum Gasteiger partial charge on any atom is -0.447 e. The van der Waals surface area contributed by atoms with Crippen molar-refractivity contribution in [1.29, 1.82) is 0 Å². The first-order valence-corrected chi connectivity index (χ1v) is 12.1. The number of nitrogens with one attached hydrogen (secondary N) is 2. The van der Waals surface area contributed by atoms with Crippen molar-refractivity contribution in [2.24, 2.45) is 0 Å². The third-order valence-corrected chi connectivity index (χ3v) is 6.37. The molecule has 37 heavy (non-hydrogen) atoms. The molecule has 2 heterocycles. The molecule has 1 aliphatic rings. The van der Waals surface area contributed by atoms with Gasteiger partial charge in [-0.1, -0.05) is 6.07 Å². The molecule has 0 spiro atoms. The first kappa shape index (κ1) is 26.4. The zero-order valence-corrected chi connectivity index (χ0v) is 20.7. The number of halogens is 2. The topological polar surface area (TPSA) is 108 Å². The largest absolute Gasteiger partial charge is 0.447 e. The summed E-state index contributed by atoms with van der Waals surface area (Å²) >= 11 is 0. The zero-order chi connectivity index (χ0) is 26.5. The lowest BCUT2D eigenvalue weighted by molar-refractivity contribution is 0.0737. The Hall–Kier alpha value is -3.63. The minimum absolute atomic E-state index is 0.0245. The van der Waals surface area contributed by atoms with Crippen molar-refractivity contribution in [2.45, 2.75) is 50.9 Å². The van der Waals surface area contributed by atoms with Crippen molar-refractivity contribution < 1.29 is 27.9 Å². The average Bonchev–Trinajstić information content (AvgIpc) is 3.54. The molecule has 0 bridgehead atoms. The number of aryl methyl sites for hydroxylation is 1. The highest BCUT2D eigenvalue weighted by Gasteiger charge is 2.31. The number of oxazole rings is 1. The van der Waals surface area contributed by atoms with Crippen LogP contribution in [0.5, 0.6) is 0 Å². The van der Waals surface area contributed by atoms with Crippen LogP contribution in [0.2, 0.25) is 0 Å². The van der Waals surface area contributed by atoms with Crippen LogP contribution in [0.4, 0.5) is 8.78 Å². The number of carbonyl (C=O) groups is 2. The second-order valence-corrected chi connectivity index (χ2v) is 9.38. The minimum atomic E-state index is -0.988. The number of aliphatic hydroxyl groups is 1. The Morgan fingerprint density at radius 3 is 2.59 bits per heavy atom. The molecule has 2 amide bonds. The monoisotopic (exact) mass is 512 g/mol. The van der Waals surface area contributed by atoms with Gasteiger partial charge in [0, 0.05) is 30.3 Å². The van der Waals surface area contributed by atoms with E-state index in [1.165, 1.54) is 29.4 Å². The summed E-state index contributed by atoms with van der Waals surface area (Å²) in [6.07, 6.45) is 2.13. The molecule has 2 aromatic carbocycles. The quantitative estimate of drug-likeness (QED) is 0.407. The molecular formula is C27H30F2N4O4. The standard InChI is InChI=1S/C27H30F2N4O4/c1-16-15-37-24(31-16)14-33(2)27(36)19-6-3-5-18(12-19)26(35)32-23(25(34)22-7-4-8-30-22)11-17-9-20(28)13-21(29)10-17/h3,5-6,9-10,12-13,15,22-23,25,30,34H,4,7-8,11,14H2,1-2H3,(H,32,35). The van der Waals surface area contributed by atoms with E-state index in [9.17, 15) is 23.5 Å². The first-order chi connectivity index (χ1) is 17.7. The normalized spacial score (nSPS) is 16.8. The number of rotatable bonds is 9. The highest BCUT2D eigenvalue weighted by atomic mass is 19.1. The lowest BCUT2D eigenvalue weighted by Crippen LogP contribution is -2.52. The predicted molar refractivity (Wildman–Crippen MR) is 132 cm³/mol. The van der Waals surface area contributed by atoms with Crippen LogP contribution < -0.4 is 10.6 Å². The lowest BCUT2D eigenvalue weighted by atomic mass is 9.95. The molecule has 10 heteroatoms. The van der Waals surface area contributed by atoms with Crippen molar-refractivity contribution >= 4 is 11.8 Å². The number of hydrogen-bond donors (Lipinski definition) is 3. The predicted octanol–water partition coefficient (Wildman–Crippen LogP) is 2.99. The molecule has 0 radical (unpaired) electrons. The van der Waals surface area contributed by atoms with Crippen molar-refractivity contribution in [3.63, 3.8) is 0 Å². The molecule has 8 nitrogen and oxygen atoms in total. The summed E-state index contributed by atoms with van der Waals surface area (Å²) in [5.74, 6) is -1.91. The van der Waals surface area contributed by atoms with Crippen LogP contribution in [-0.4, -0.2) is 58.6 Å². The maximum atomic E-state index is 13.8. The Kier molecular flexibility index (Phi) is 8.30. The number of amides is 2. The fraction of sp³-hybridized carbons (Fsp3) is 0.370. The summed E-state index contributed by atoms with van der Waals surface area (Å²) in [5, 5.41) is 17.0. The third kappa shape index (κ3) is 6.78. The van der Waals surface area contributed by atoms with Crippen LogP contribution in [0, 0.1) is 18.6 Å². The van der Waals surface area contributed by atoms with E-state index in [-0.39, 0.29) is 30.5 Å². The van der Waals surface area contributed by atoms with E-state index in [0.717, 1.165) is 19.0 Å². The molecule has 196 valence electrons. The maximum Gasteiger partial charge on any atom is 0.254 e. The molecule has 3 unspecified atom stereocenters. The highest BCUT2D eigenvalue weighted by molar-refractivity contribution is 5.99. The molecule has 3 aromatic rings. The van der Waals surface area contributed by atoms with Crippen LogP contribution in [-0.2, 0) is 13.0 Å². The molecule has 1 aromatic heterocycles. The molecule has 0 aliphatic carbocycles. The van der Waals surface area contributed by atoms with E-state index < -0.39 is 29.7 Å². The van der Waals surface area contributed by atoms with Gasteiger partial charge in [-0.15, -0.1) is 0 Å². The summed E-state index contributed by atoms with van der Waals surface area (Å²) in [4.78, 5) is 31.8. The summed E-state index contributed by atoms with van der Waals surface area (Å²) in [6.45, 7) is 2.69. The highest BCUT2D eigenvalue weighted by Crippen LogP contribution is 2.18. The molecule has 1 saturated heterocycles. The Morgan fingerprint density at radius 2 is 1.95 bits per heavy atom. The Balaban J connectivity index is 1.50. The number of hydrogen-bond acceptors (Lipinski definition) is 6. The number of benzene rings is 2. The third-order valence-electron chi connectivity index (χ3n) is 6.37. The van der Waals surface area contributed by atoms with E-state index in [1.807, 2.05) is 0 Å². The van der Waals surface area contributed by atoms with Gasteiger partial charge in [-0.05, 0) is 68.6 Å².